The third-order valence-corrected chi connectivity index (χ3v) is 5.89. The SMILES string of the molecule is N=c1c(C(=O)NCc2ccccc2Cl)cc2c(=O)n3ccccc3nc2n1Cc1cccnc1. The first-order valence-electron chi connectivity index (χ1n) is 10.5. The molecule has 0 radical (unpaired) electrons. The molecule has 9 heteroatoms. The van der Waals surface area contributed by atoms with Crippen LogP contribution in [-0.2, 0) is 13.1 Å². The van der Waals surface area contributed by atoms with E-state index in [1.165, 1.54) is 10.5 Å². The van der Waals surface area contributed by atoms with Gasteiger partial charge in [-0.05, 0) is 41.5 Å². The van der Waals surface area contributed by atoms with Crippen LogP contribution < -0.4 is 16.4 Å². The van der Waals surface area contributed by atoms with Crippen LogP contribution in [0.15, 0.2) is 84.0 Å². The van der Waals surface area contributed by atoms with Crippen molar-refractivity contribution in [2.75, 3.05) is 0 Å². The molecule has 0 unspecified atom stereocenters. The molecule has 0 saturated heterocycles. The molecule has 0 fully saturated rings. The van der Waals surface area contributed by atoms with Crippen LogP contribution in [0.25, 0.3) is 16.7 Å². The summed E-state index contributed by atoms with van der Waals surface area (Å²) in [5.74, 6) is -0.482. The lowest BCUT2D eigenvalue weighted by Crippen LogP contribution is -2.35. The molecule has 0 aliphatic carbocycles. The number of rotatable bonds is 5. The highest BCUT2D eigenvalue weighted by Crippen LogP contribution is 2.15. The molecule has 0 aliphatic rings. The molecule has 5 rings (SSSR count). The number of pyridine rings is 3. The summed E-state index contributed by atoms with van der Waals surface area (Å²) >= 11 is 6.20. The van der Waals surface area contributed by atoms with E-state index in [1.807, 2.05) is 24.3 Å². The summed E-state index contributed by atoms with van der Waals surface area (Å²) < 4.78 is 2.98. The van der Waals surface area contributed by atoms with Crippen molar-refractivity contribution in [2.45, 2.75) is 13.1 Å². The van der Waals surface area contributed by atoms with E-state index >= 15 is 0 Å². The predicted molar refractivity (Wildman–Crippen MR) is 129 cm³/mol. The number of nitrogens with one attached hydrogen (secondary N) is 2. The Morgan fingerprint density at radius 1 is 1.09 bits per heavy atom. The van der Waals surface area contributed by atoms with Gasteiger partial charge in [0.2, 0.25) is 0 Å². The number of carbonyl (C=O) groups is 1. The van der Waals surface area contributed by atoms with Gasteiger partial charge in [0.1, 0.15) is 16.8 Å². The van der Waals surface area contributed by atoms with Crippen LogP contribution in [0.4, 0.5) is 0 Å². The van der Waals surface area contributed by atoms with E-state index in [-0.39, 0.29) is 35.1 Å². The Balaban J connectivity index is 1.66. The number of halogens is 1. The molecule has 8 nitrogen and oxygen atoms in total. The first-order valence-corrected chi connectivity index (χ1v) is 10.9. The van der Waals surface area contributed by atoms with Gasteiger partial charge < -0.3 is 9.88 Å². The first kappa shape index (κ1) is 21.5. The van der Waals surface area contributed by atoms with Crippen molar-refractivity contribution in [1.29, 1.82) is 5.41 Å². The van der Waals surface area contributed by atoms with Gasteiger partial charge in [-0.25, -0.2) is 4.98 Å². The van der Waals surface area contributed by atoms with Crippen LogP contribution in [0, 0.1) is 5.41 Å². The fourth-order valence-electron chi connectivity index (χ4n) is 3.80. The van der Waals surface area contributed by atoms with Gasteiger partial charge in [0, 0.05) is 30.2 Å². The van der Waals surface area contributed by atoms with Crippen molar-refractivity contribution in [1.82, 2.24) is 24.3 Å². The Morgan fingerprint density at radius 3 is 2.71 bits per heavy atom. The van der Waals surface area contributed by atoms with Gasteiger partial charge in [-0.1, -0.05) is 41.9 Å². The number of hydrogen-bond donors (Lipinski definition) is 2. The number of fused-ring (bicyclic) bond motifs is 2. The zero-order chi connectivity index (χ0) is 23.7. The quantitative estimate of drug-likeness (QED) is 0.385. The van der Waals surface area contributed by atoms with E-state index in [2.05, 4.69) is 15.3 Å². The van der Waals surface area contributed by atoms with Crippen molar-refractivity contribution < 1.29 is 4.79 Å². The Labute approximate surface area is 198 Å². The van der Waals surface area contributed by atoms with Gasteiger partial charge in [0.25, 0.3) is 11.5 Å². The molecule has 0 saturated carbocycles. The van der Waals surface area contributed by atoms with Crippen LogP contribution in [-0.4, -0.2) is 24.8 Å². The van der Waals surface area contributed by atoms with Crippen molar-refractivity contribution in [3.05, 3.63) is 117 Å². The number of aromatic nitrogens is 4. The molecule has 4 heterocycles. The predicted octanol–water partition coefficient (Wildman–Crippen LogP) is 3.16. The molecule has 0 bridgehead atoms. The summed E-state index contributed by atoms with van der Waals surface area (Å²) in [6.45, 7) is 0.414. The average molecular weight is 471 g/mol. The smallest absolute Gasteiger partial charge is 0.267 e. The Bertz CT molecular complexity index is 1660. The zero-order valence-electron chi connectivity index (χ0n) is 17.9. The maximum Gasteiger partial charge on any atom is 0.267 e. The summed E-state index contributed by atoms with van der Waals surface area (Å²) in [6, 6.07) is 17.5. The highest BCUT2D eigenvalue weighted by Gasteiger charge is 2.18. The lowest BCUT2D eigenvalue weighted by Gasteiger charge is -2.15. The molecule has 168 valence electrons. The highest BCUT2D eigenvalue weighted by atomic mass is 35.5. The second-order valence-corrected chi connectivity index (χ2v) is 8.12. The molecule has 0 spiro atoms. The summed E-state index contributed by atoms with van der Waals surface area (Å²) in [5.41, 5.74) is 2.04. The molecular formula is C25H19ClN6O2. The van der Waals surface area contributed by atoms with Gasteiger partial charge in [-0.15, -0.1) is 0 Å². The van der Waals surface area contributed by atoms with Crippen LogP contribution in [0.3, 0.4) is 0 Å². The number of carbonyl (C=O) groups excluding carboxylic acids is 1. The minimum atomic E-state index is -0.482. The van der Waals surface area contributed by atoms with Crippen molar-refractivity contribution in [2.24, 2.45) is 0 Å². The lowest BCUT2D eigenvalue weighted by molar-refractivity contribution is 0.0948. The number of hydrogen-bond acceptors (Lipinski definition) is 5. The number of amides is 1. The van der Waals surface area contributed by atoms with E-state index in [0.717, 1.165) is 11.1 Å². The monoisotopic (exact) mass is 470 g/mol. The Hall–Kier alpha value is -4.30. The van der Waals surface area contributed by atoms with E-state index in [4.69, 9.17) is 17.0 Å². The van der Waals surface area contributed by atoms with Crippen molar-refractivity contribution in [3.63, 3.8) is 0 Å². The molecule has 1 aromatic carbocycles. The standard InChI is InChI=1S/C25H19ClN6O2/c26-20-8-2-1-7-17(20)14-29-24(33)18-12-19-23(30-21-9-3-4-11-31(21)25(19)34)32(22(18)27)15-16-6-5-10-28-13-16/h1-13,27H,14-15H2,(H,29,33). The molecule has 1 amide bonds. The van der Waals surface area contributed by atoms with Gasteiger partial charge in [0.05, 0.1) is 17.5 Å². The third kappa shape index (κ3) is 3.95. The lowest BCUT2D eigenvalue weighted by atomic mass is 10.1. The van der Waals surface area contributed by atoms with E-state index in [9.17, 15) is 9.59 Å². The van der Waals surface area contributed by atoms with Gasteiger partial charge in [0.15, 0.2) is 0 Å². The van der Waals surface area contributed by atoms with Crippen LogP contribution >= 0.6 is 11.6 Å². The molecule has 0 atom stereocenters. The van der Waals surface area contributed by atoms with E-state index < -0.39 is 5.91 Å². The molecule has 2 N–H and O–H groups in total. The first-order chi connectivity index (χ1) is 16.5. The number of benzene rings is 1. The normalized spacial score (nSPS) is 11.1. The molecule has 0 aliphatic heterocycles. The summed E-state index contributed by atoms with van der Waals surface area (Å²) in [4.78, 5) is 35.2. The highest BCUT2D eigenvalue weighted by molar-refractivity contribution is 6.31. The average Bonchev–Trinajstić information content (AvgIpc) is 2.86. The Morgan fingerprint density at radius 2 is 1.91 bits per heavy atom. The maximum absolute atomic E-state index is 13.3. The van der Waals surface area contributed by atoms with E-state index in [1.54, 1.807) is 53.5 Å². The van der Waals surface area contributed by atoms with E-state index in [0.29, 0.717) is 16.3 Å². The largest absolute Gasteiger partial charge is 0.348 e. The molecule has 34 heavy (non-hydrogen) atoms. The fraction of sp³-hybridized carbons (Fsp3) is 0.0800. The van der Waals surface area contributed by atoms with Crippen molar-refractivity contribution in [3.8, 4) is 0 Å². The molecular weight excluding hydrogens is 452 g/mol. The van der Waals surface area contributed by atoms with Gasteiger partial charge in [-0.2, -0.15) is 0 Å². The number of nitrogens with zero attached hydrogens (tertiary/aromatic N) is 4. The van der Waals surface area contributed by atoms with Crippen LogP contribution in [0.2, 0.25) is 5.02 Å². The Kier molecular flexibility index (Phi) is 5.65. The van der Waals surface area contributed by atoms with Crippen LogP contribution in [0.1, 0.15) is 21.5 Å². The van der Waals surface area contributed by atoms with Gasteiger partial charge >= 0.3 is 0 Å². The minimum Gasteiger partial charge on any atom is -0.348 e. The molecule has 5 aromatic rings. The maximum atomic E-state index is 13.3. The summed E-state index contributed by atoms with van der Waals surface area (Å²) in [7, 11) is 0. The fourth-order valence-corrected chi connectivity index (χ4v) is 4.00. The van der Waals surface area contributed by atoms with Gasteiger partial charge in [-0.3, -0.25) is 24.4 Å². The topological polar surface area (TPSA) is 105 Å². The third-order valence-electron chi connectivity index (χ3n) is 5.52. The van der Waals surface area contributed by atoms with Crippen LogP contribution in [0.5, 0.6) is 0 Å². The minimum absolute atomic E-state index is 0.0554. The molecule has 4 aromatic heterocycles. The second kappa shape index (κ2) is 8.92. The van der Waals surface area contributed by atoms with Crippen molar-refractivity contribution >= 4 is 34.2 Å². The zero-order valence-corrected chi connectivity index (χ0v) is 18.7. The summed E-state index contributed by atoms with van der Waals surface area (Å²) in [5, 5.41) is 12.4. The summed E-state index contributed by atoms with van der Waals surface area (Å²) in [6.07, 6.45) is 4.96. The second-order valence-electron chi connectivity index (χ2n) is 7.71.